The van der Waals surface area contributed by atoms with Crippen LogP contribution in [0.5, 0.6) is 5.75 Å². The number of rotatable bonds is 6. The van der Waals surface area contributed by atoms with Crippen LogP contribution in [0.2, 0.25) is 0 Å². The van der Waals surface area contributed by atoms with E-state index in [1.807, 2.05) is 36.4 Å². The molecule has 0 bridgehead atoms. The highest BCUT2D eigenvalue weighted by Crippen LogP contribution is 2.55. The maximum Gasteiger partial charge on any atom is 0.322 e. The summed E-state index contributed by atoms with van der Waals surface area (Å²) in [5, 5.41) is 20.5. The molecule has 0 saturated heterocycles. The molecule has 5 heteroatoms. The Hall–Kier alpha value is -3.91. The van der Waals surface area contributed by atoms with E-state index in [1.54, 1.807) is 36.4 Å². The Morgan fingerprint density at radius 2 is 1.56 bits per heavy atom. The van der Waals surface area contributed by atoms with Gasteiger partial charge in [0.2, 0.25) is 0 Å². The van der Waals surface area contributed by atoms with Crippen molar-refractivity contribution in [2.45, 2.75) is 31.3 Å². The standard InChI is InChI=1S/C27H23NO4/c28-19-27(21-10-5-2-6-11-21,22-13-15-23(29)16-14-22)26(17-7-12-24(26)30)25(31)32-18-20-8-3-1-4-9-20/h1-6,8-11,13-16,29H,7,12,17-18H2/t26-,27-/m0/s1. The summed E-state index contributed by atoms with van der Waals surface area (Å²) in [7, 11) is 0. The molecule has 0 aliphatic heterocycles. The van der Waals surface area contributed by atoms with Crippen molar-refractivity contribution in [3.8, 4) is 11.8 Å². The summed E-state index contributed by atoms with van der Waals surface area (Å²) < 4.78 is 5.70. The van der Waals surface area contributed by atoms with Gasteiger partial charge in [0.05, 0.1) is 6.07 Å². The Morgan fingerprint density at radius 3 is 2.12 bits per heavy atom. The van der Waals surface area contributed by atoms with Crippen molar-refractivity contribution in [2.24, 2.45) is 5.41 Å². The summed E-state index contributed by atoms with van der Waals surface area (Å²) in [6, 6.07) is 26.6. The minimum Gasteiger partial charge on any atom is -0.508 e. The fourth-order valence-corrected chi connectivity index (χ4v) is 4.76. The largest absolute Gasteiger partial charge is 0.508 e. The van der Waals surface area contributed by atoms with E-state index in [0.29, 0.717) is 17.5 Å². The molecule has 0 amide bonds. The number of phenolic OH excluding ortho intramolecular Hbond substituents is 1. The molecule has 3 aromatic rings. The van der Waals surface area contributed by atoms with Gasteiger partial charge in [0.25, 0.3) is 0 Å². The number of benzene rings is 3. The van der Waals surface area contributed by atoms with Crippen molar-refractivity contribution in [1.82, 2.24) is 0 Å². The van der Waals surface area contributed by atoms with Gasteiger partial charge in [-0.15, -0.1) is 0 Å². The highest BCUT2D eigenvalue weighted by atomic mass is 16.5. The van der Waals surface area contributed by atoms with Gasteiger partial charge in [-0.05, 0) is 41.7 Å². The molecular formula is C27H23NO4. The molecule has 0 aromatic heterocycles. The maximum absolute atomic E-state index is 13.7. The molecule has 1 aliphatic carbocycles. The molecule has 1 fully saturated rings. The second-order valence-electron chi connectivity index (χ2n) is 8.02. The van der Waals surface area contributed by atoms with Crippen LogP contribution in [0.25, 0.3) is 0 Å². The van der Waals surface area contributed by atoms with Crippen molar-refractivity contribution in [3.63, 3.8) is 0 Å². The SMILES string of the molecule is N#C[C@](c1ccccc1)(c1ccc(O)cc1)[C@@]1(C(=O)OCc2ccccc2)CCCC1=O. The van der Waals surface area contributed by atoms with Gasteiger partial charge in [-0.2, -0.15) is 5.26 Å². The third-order valence-electron chi connectivity index (χ3n) is 6.31. The van der Waals surface area contributed by atoms with E-state index < -0.39 is 16.8 Å². The van der Waals surface area contributed by atoms with Gasteiger partial charge in [0, 0.05) is 6.42 Å². The minimum absolute atomic E-state index is 0.0145. The van der Waals surface area contributed by atoms with E-state index in [-0.39, 0.29) is 31.0 Å². The molecule has 0 spiro atoms. The quantitative estimate of drug-likeness (QED) is 0.457. The molecule has 2 atom stereocenters. The second-order valence-corrected chi connectivity index (χ2v) is 8.02. The first kappa shape index (κ1) is 21.3. The lowest BCUT2D eigenvalue weighted by atomic mass is 9.56. The smallest absolute Gasteiger partial charge is 0.322 e. The summed E-state index contributed by atoms with van der Waals surface area (Å²) in [5.74, 6) is -0.955. The molecule has 1 N–H and O–H groups in total. The summed E-state index contributed by atoms with van der Waals surface area (Å²) in [5.41, 5.74) is -1.47. The van der Waals surface area contributed by atoms with Crippen LogP contribution in [0.3, 0.4) is 0 Å². The van der Waals surface area contributed by atoms with Crippen LogP contribution in [0, 0.1) is 16.7 Å². The van der Waals surface area contributed by atoms with E-state index in [9.17, 15) is 20.0 Å². The first-order valence-electron chi connectivity index (χ1n) is 10.6. The highest BCUT2D eigenvalue weighted by Gasteiger charge is 2.66. The van der Waals surface area contributed by atoms with Crippen LogP contribution in [0.4, 0.5) is 0 Å². The van der Waals surface area contributed by atoms with E-state index >= 15 is 0 Å². The zero-order valence-corrected chi connectivity index (χ0v) is 17.5. The zero-order valence-electron chi connectivity index (χ0n) is 17.5. The van der Waals surface area contributed by atoms with Crippen molar-refractivity contribution >= 4 is 11.8 Å². The third-order valence-corrected chi connectivity index (χ3v) is 6.31. The van der Waals surface area contributed by atoms with E-state index in [2.05, 4.69) is 6.07 Å². The van der Waals surface area contributed by atoms with Crippen LogP contribution in [-0.2, 0) is 26.3 Å². The van der Waals surface area contributed by atoms with E-state index in [0.717, 1.165) is 5.56 Å². The number of ketones is 1. The van der Waals surface area contributed by atoms with Crippen molar-refractivity contribution in [3.05, 3.63) is 102 Å². The monoisotopic (exact) mass is 425 g/mol. The van der Waals surface area contributed by atoms with Gasteiger partial charge < -0.3 is 9.84 Å². The minimum atomic E-state index is -1.69. The van der Waals surface area contributed by atoms with Crippen molar-refractivity contribution in [1.29, 1.82) is 5.26 Å². The van der Waals surface area contributed by atoms with Gasteiger partial charge >= 0.3 is 5.97 Å². The Kier molecular flexibility index (Phi) is 5.79. The predicted molar refractivity (Wildman–Crippen MR) is 118 cm³/mol. The normalized spacial score (nSPS) is 19.7. The summed E-state index contributed by atoms with van der Waals surface area (Å²) in [6.07, 6.45) is 0.908. The predicted octanol–water partition coefficient (Wildman–Crippen LogP) is 4.68. The van der Waals surface area contributed by atoms with Gasteiger partial charge in [-0.3, -0.25) is 9.59 Å². The maximum atomic E-state index is 13.7. The Morgan fingerprint density at radius 1 is 0.969 bits per heavy atom. The van der Waals surface area contributed by atoms with Gasteiger partial charge in [0.1, 0.15) is 17.8 Å². The zero-order chi connectivity index (χ0) is 22.6. The molecule has 32 heavy (non-hydrogen) atoms. The molecular weight excluding hydrogens is 402 g/mol. The number of carbonyl (C=O) groups is 2. The van der Waals surface area contributed by atoms with E-state index in [4.69, 9.17) is 4.74 Å². The Labute approximate surface area is 186 Å². The lowest BCUT2D eigenvalue weighted by molar-refractivity contribution is -0.163. The van der Waals surface area contributed by atoms with Crippen LogP contribution in [-0.4, -0.2) is 16.9 Å². The lowest BCUT2D eigenvalue weighted by Gasteiger charge is -2.41. The topological polar surface area (TPSA) is 87.4 Å². The fraction of sp³-hybridized carbons (Fsp3) is 0.222. The molecule has 0 radical (unpaired) electrons. The Balaban J connectivity index is 1.89. The number of phenols is 1. The van der Waals surface area contributed by atoms with Crippen LogP contribution in [0.1, 0.15) is 36.0 Å². The molecule has 3 aromatic carbocycles. The average Bonchev–Trinajstić information content (AvgIpc) is 3.23. The number of carbonyl (C=O) groups excluding carboxylic acids is 2. The number of aromatic hydroxyl groups is 1. The van der Waals surface area contributed by atoms with Crippen molar-refractivity contribution in [2.75, 3.05) is 0 Å². The number of hydrogen-bond donors (Lipinski definition) is 1. The Bertz CT molecular complexity index is 1150. The molecule has 1 aliphatic rings. The first-order chi connectivity index (χ1) is 15.5. The number of hydrogen-bond acceptors (Lipinski definition) is 5. The molecule has 160 valence electrons. The summed E-state index contributed by atoms with van der Waals surface area (Å²) in [6.45, 7) is 0.0145. The van der Waals surface area contributed by atoms with Crippen molar-refractivity contribution < 1.29 is 19.4 Å². The highest BCUT2D eigenvalue weighted by molar-refractivity contribution is 6.08. The lowest BCUT2D eigenvalue weighted by Crippen LogP contribution is -2.54. The molecule has 0 heterocycles. The van der Waals surface area contributed by atoms with E-state index in [1.165, 1.54) is 12.1 Å². The van der Waals surface area contributed by atoms with Gasteiger partial charge in [-0.1, -0.05) is 72.8 Å². The third kappa shape index (κ3) is 3.34. The molecule has 4 rings (SSSR count). The molecule has 1 saturated carbocycles. The van der Waals surface area contributed by atoms with Crippen LogP contribution >= 0.6 is 0 Å². The number of ether oxygens (including phenoxy) is 1. The number of nitrogens with zero attached hydrogens (tertiary/aromatic N) is 1. The first-order valence-corrected chi connectivity index (χ1v) is 10.6. The second kappa shape index (κ2) is 8.68. The van der Waals surface area contributed by atoms with Gasteiger partial charge in [0.15, 0.2) is 11.2 Å². The molecule has 5 nitrogen and oxygen atoms in total. The summed E-state index contributed by atoms with van der Waals surface area (Å²) in [4.78, 5) is 27.2. The number of esters is 1. The average molecular weight is 425 g/mol. The van der Waals surface area contributed by atoms with Gasteiger partial charge in [-0.25, -0.2) is 0 Å². The summed E-state index contributed by atoms with van der Waals surface area (Å²) >= 11 is 0. The number of Topliss-reactive ketones (excluding diaryl/α,β-unsaturated/α-hetero) is 1. The molecule has 0 unspecified atom stereocenters. The fourth-order valence-electron chi connectivity index (χ4n) is 4.76. The van der Waals surface area contributed by atoms with Crippen LogP contribution < -0.4 is 0 Å². The van der Waals surface area contributed by atoms with Crippen LogP contribution in [0.15, 0.2) is 84.9 Å². The number of nitriles is 1.